The van der Waals surface area contributed by atoms with Crippen molar-refractivity contribution >= 4 is 5.69 Å². The summed E-state index contributed by atoms with van der Waals surface area (Å²) in [6, 6.07) is 11.3. The molecule has 0 fully saturated rings. The van der Waals surface area contributed by atoms with Gasteiger partial charge in [0.05, 0.1) is 0 Å². The lowest BCUT2D eigenvalue weighted by Crippen LogP contribution is -2.31. The highest BCUT2D eigenvalue weighted by Crippen LogP contribution is 2.17. The Kier molecular flexibility index (Phi) is 5.23. The van der Waals surface area contributed by atoms with Gasteiger partial charge in [-0.1, -0.05) is 38.0 Å². The average molecular weight is 205 g/mol. The maximum Gasteiger partial charge on any atom is 0.0368 e. The van der Waals surface area contributed by atoms with E-state index in [2.05, 4.69) is 56.0 Å². The normalized spacial score (nSPS) is 10.7. The third-order valence-corrected chi connectivity index (χ3v) is 2.71. The van der Waals surface area contributed by atoms with Crippen molar-refractivity contribution in [3.05, 3.63) is 30.3 Å². The minimum atomic E-state index is 0.587. The van der Waals surface area contributed by atoms with E-state index in [0.29, 0.717) is 6.04 Å². The van der Waals surface area contributed by atoms with E-state index < -0.39 is 0 Å². The van der Waals surface area contributed by atoms with Crippen LogP contribution in [0.5, 0.6) is 0 Å². The molecular weight excluding hydrogens is 182 g/mol. The van der Waals surface area contributed by atoms with Crippen molar-refractivity contribution in [3.63, 3.8) is 0 Å². The number of rotatable bonds is 6. The van der Waals surface area contributed by atoms with Crippen LogP contribution in [0.4, 0.5) is 5.69 Å². The summed E-state index contributed by atoms with van der Waals surface area (Å²) in [5.41, 5.74) is 1.35. The lowest BCUT2D eigenvalue weighted by atomic mass is 10.2. The van der Waals surface area contributed by atoms with Crippen molar-refractivity contribution in [2.45, 2.75) is 46.1 Å². The third-order valence-electron chi connectivity index (χ3n) is 2.71. The summed E-state index contributed by atoms with van der Waals surface area (Å²) in [6.45, 7) is 7.95. The monoisotopic (exact) mass is 205 g/mol. The van der Waals surface area contributed by atoms with Crippen LogP contribution in [0.25, 0.3) is 0 Å². The zero-order valence-corrected chi connectivity index (χ0v) is 10.2. The molecule has 0 aromatic heterocycles. The van der Waals surface area contributed by atoms with Crippen LogP contribution >= 0.6 is 0 Å². The number of nitrogens with zero attached hydrogens (tertiary/aromatic N) is 1. The zero-order valence-electron chi connectivity index (χ0n) is 10.2. The minimum Gasteiger partial charge on any atom is -0.369 e. The van der Waals surface area contributed by atoms with Crippen LogP contribution in [0, 0.1) is 0 Å². The van der Waals surface area contributed by atoms with Crippen molar-refractivity contribution < 1.29 is 0 Å². The first-order valence-electron chi connectivity index (χ1n) is 6.07. The molecule has 1 heteroatoms. The van der Waals surface area contributed by atoms with Crippen LogP contribution in [0.3, 0.4) is 0 Å². The summed E-state index contributed by atoms with van der Waals surface area (Å²) in [7, 11) is 0. The Bertz CT molecular complexity index is 253. The molecule has 0 heterocycles. The molecule has 1 aromatic carbocycles. The zero-order chi connectivity index (χ0) is 11.1. The highest BCUT2D eigenvalue weighted by Gasteiger charge is 2.08. The second kappa shape index (κ2) is 6.49. The highest BCUT2D eigenvalue weighted by molar-refractivity contribution is 5.46. The van der Waals surface area contributed by atoms with Gasteiger partial charge in [0.2, 0.25) is 0 Å². The molecule has 0 radical (unpaired) electrons. The predicted octanol–water partition coefficient (Wildman–Crippen LogP) is 4.09. The first kappa shape index (κ1) is 12.1. The van der Waals surface area contributed by atoms with E-state index in [9.17, 15) is 0 Å². The smallest absolute Gasteiger partial charge is 0.0368 e. The summed E-state index contributed by atoms with van der Waals surface area (Å²) in [5.74, 6) is 0. The van der Waals surface area contributed by atoms with Crippen LogP contribution in [-0.2, 0) is 0 Å². The summed E-state index contributed by atoms with van der Waals surface area (Å²) < 4.78 is 0. The minimum absolute atomic E-state index is 0.587. The van der Waals surface area contributed by atoms with Gasteiger partial charge in [-0.25, -0.2) is 0 Å². The molecule has 84 valence electrons. The van der Waals surface area contributed by atoms with Gasteiger partial charge < -0.3 is 4.90 Å². The Morgan fingerprint density at radius 1 is 1.07 bits per heavy atom. The summed E-state index contributed by atoms with van der Waals surface area (Å²) >= 11 is 0. The molecule has 0 aliphatic heterocycles. The summed E-state index contributed by atoms with van der Waals surface area (Å²) in [6.07, 6.45) is 3.92. The van der Waals surface area contributed by atoms with Gasteiger partial charge in [-0.3, -0.25) is 0 Å². The molecular formula is C14H23N. The number of benzene rings is 1. The highest BCUT2D eigenvalue weighted by atomic mass is 15.1. The lowest BCUT2D eigenvalue weighted by Gasteiger charge is -2.29. The van der Waals surface area contributed by atoms with E-state index in [0.717, 1.165) is 0 Å². The van der Waals surface area contributed by atoms with Gasteiger partial charge in [0.15, 0.2) is 0 Å². The lowest BCUT2D eigenvalue weighted by molar-refractivity contribution is 0.626. The second-order valence-corrected chi connectivity index (χ2v) is 4.33. The van der Waals surface area contributed by atoms with Crippen molar-refractivity contribution in [1.82, 2.24) is 0 Å². The van der Waals surface area contributed by atoms with E-state index in [4.69, 9.17) is 0 Å². The molecule has 0 aliphatic carbocycles. The Labute approximate surface area is 94.1 Å². The Balaban J connectivity index is 2.58. The van der Waals surface area contributed by atoms with Gasteiger partial charge in [0.1, 0.15) is 0 Å². The maximum atomic E-state index is 2.48. The van der Waals surface area contributed by atoms with Crippen molar-refractivity contribution in [2.24, 2.45) is 0 Å². The average Bonchev–Trinajstić information content (AvgIpc) is 2.25. The first-order valence-corrected chi connectivity index (χ1v) is 6.07. The Morgan fingerprint density at radius 2 is 1.73 bits per heavy atom. The van der Waals surface area contributed by atoms with E-state index in [1.165, 1.54) is 31.5 Å². The second-order valence-electron chi connectivity index (χ2n) is 4.33. The summed E-state index contributed by atoms with van der Waals surface area (Å²) in [4.78, 5) is 2.48. The van der Waals surface area contributed by atoms with Gasteiger partial charge in [-0.05, 0) is 32.4 Å². The molecule has 15 heavy (non-hydrogen) atoms. The number of unbranched alkanes of at least 4 members (excludes halogenated alkanes) is 2. The number of anilines is 1. The van der Waals surface area contributed by atoms with Gasteiger partial charge in [-0.2, -0.15) is 0 Å². The number of para-hydroxylation sites is 1. The van der Waals surface area contributed by atoms with E-state index >= 15 is 0 Å². The van der Waals surface area contributed by atoms with E-state index in [1.807, 2.05) is 0 Å². The van der Waals surface area contributed by atoms with Gasteiger partial charge in [0, 0.05) is 18.3 Å². The fraction of sp³-hybridized carbons (Fsp3) is 0.571. The van der Waals surface area contributed by atoms with Gasteiger partial charge in [0.25, 0.3) is 0 Å². The van der Waals surface area contributed by atoms with E-state index in [1.54, 1.807) is 0 Å². The van der Waals surface area contributed by atoms with Crippen molar-refractivity contribution in [1.29, 1.82) is 0 Å². The molecule has 0 amide bonds. The largest absolute Gasteiger partial charge is 0.369 e. The molecule has 0 bridgehead atoms. The molecule has 0 unspecified atom stereocenters. The molecule has 0 spiro atoms. The molecule has 0 aliphatic rings. The fourth-order valence-corrected chi connectivity index (χ4v) is 1.84. The van der Waals surface area contributed by atoms with Crippen LogP contribution in [0.15, 0.2) is 30.3 Å². The molecule has 0 saturated heterocycles. The van der Waals surface area contributed by atoms with Crippen LogP contribution in [0.2, 0.25) is 0 Å². The van der Waals surface area contributed by atoms with Crippen molar-refractivity contribution in [3.8, 4) is 0 Å². The van der Waals surface area contributed by atoms with Gasteiger partial charge in [-0.15, -0.1) is 0 Å². The van der Waals surface area contributed by atoms with Crippen molar-refractivity contribution in [2.75, 3.05) is 11.4 Å². The summed E-state index contributed by atoms with van der Waals surface area (Å²) in [5, 5.41) is 0. The fourth-order valence-electron chi connectivity index (χ4n) is 1.84. The molecule has 0 saturated carbocycles. The molecule has 0 N–H and O–H groups in total. The quantitative estimate of drug-likeness (QED) is 0.632. The Hall–Kier alpha value is -0.980. The molecule has 1 aromatic rings. The third kappa shape index (κ3) is 3.94. The Morgan fingerprint density at radius 3 is 2.27 bits per heavy atom. The molecule has 1 rings (SSSR count). The SMILES string of the molecule is CCCCCN(c1ccccc1)C(C)C. The van der Waals surface area contributed by atoms with Crippen LogP contribution < -0.4 is 4.90 Å². The number of hydrogen-bond donors (Lipinski definition) is 0. The van der Waals surface area contributed by atoms with Gasteiger partial charge >= 0.3 is 0 Å². The standard InChI is InChI=1S/C14H23N/c1-4-5-9-12-15(13(2)3)14-10-7-6-8-11-14/h6-8,10-11,13H,4-5,9,12H2,1-3H3. The molecule has 0 atom stereocenters. The van der Waals surface area contributed by atoms with E-state index in [-0.39, 0.29) is 0 Å². The maximum absolute atomic E-state index is 2.48. The predicted molar refractivity (Wildman–Crippen MR) is 68.4 cm³/mol. The number of hydrogen-bond acceptors (Lipinski definition) is 1. The first-order chi connectivity index (χ1) is 7.25. The van der Waals surface area contributed by atoms with Crippen LogP contribution in [-0.4, -0.2) is 12.6 Å². The topological polar surface area (TPSA) is 3.24 Å². The van der Waals surface area contributed by atoms with Crippen LogP contribution in [0.1, 0.15) is 40.0 Å². The molecule has 1 nitrogen and oxygen atoms in total.